The largest absolute Gasteiger partial charge is 0.490 e. The molecule has 16 heteroatoms. The lowest BCUT2D eigenvalue weighted by atomic mass is 10.1. The highest BCUT2D eigenvalue weighted by Crippen LogP contribution is 2.15. The Morgan fingerprint density at radius 1 is 1.03 bits per heavy atom. The lowest BCUT2D eigenvalue weighted by Gasteiger charge is -2.10. The maximum absolute atomic E-state index is 12.3. The van der Waals surface area contributed by atoms with Crippen LogP contribution in [0.3, 0.4) is 0 Å². The van der Waals surface area contributed by atoms with Crippen molar-refractivity contribution in [3.63, 3.8) is 0 Å². The third-order valence-electron chi connectivity index (χ3n) is 3.81. The number of alkyl halides is 6. The number of carboxylic acid groups (broad SMARTS) is 3. The molecule has 2 rings (SSSR count). The molecule has 0 atom stereocenters. The Morgan fingerprint density at radius 3 is 1.95 bits per heavy atom. The number of halogens is 6. The Kier molecular flexibility index (Phi) is 12.9. The first kappa shape index (κ1) is 32.9. The minimum absolute atomic E-state index is 0.240. The molecule has 0 radical (unpaired) electrons. The first-order valence-corrected chi connectivity index (χ1v) is 9.74. The monoisotopic (exact) mass is 542 g/mol. The molecule has 2 aromatic rings. The average Bonchev–Trinajstić information content (AvgIpc) is 2.78. The molecule has 0 bridgehead atoms. The van der Waals surface area contributed by atoms with Crippen LogP contribution in [0.2, 0.25) is 0 Å². The Bertz CT molecular complexity index is 1200. The average molecular weight is 542 g/mol. The van der Waals surface area contributed by atoms with Gasteiger partial charge in [0.15, 0.2) is 0 Å². The molecule has 0 amide bonds. The van der Waals surface area contributed by atoms with Crippen LogP contribution in [0.4, 0.5) is 26.3 Å². The molecule has 0 aliphatic rings. The molecule has 1 heterocycles. The van der Waals surface area contributed by atoms with Crippen LogP contribution in [-0.4, -0.2) is 69.9 Å². The van der Waals surface area contributed by atoms with E-state index in [1.54, 1.807) is 22.8 Å². The van der Waals surface area contributed by atoms with E-state index >= 15 is 0 Å². The number of hydrogen-bond donors (Lipinski definition) is 4. The number of nitrogens with two attached hydrogens (primary N) is 1. The topological polar surface area (TPSA) is 169 Å². The van der Waals surface area contributed by atoms with Gasteiger partial charge in [-0.05, 0) is 25.1 Å². The second kappa shape index (κ2) is 14.5. The SMILES string of the molecule is CCn1cc(C(=O)O)c(=O)c2cc(C#CCOCCN)ccc21.O=C(O)C(F)(F)F.O=C(O)C(F)(F)F. The van der Waals surface area contributed by atoms with Gasteiger partial charge >= 0.3 is 30.3 Å². The summed E-state index contributed by atoms with van der Waals surface area (Å²) in [4.78, 5) is 41.3. The van der Waals surface area contributed by atoms with Crippen molar-refractivity contribution in [3.05, 3.63) is 45.7 Å². The van der Waals surface area contributed by atoms with E-state index in [1.807, 2.05) is 6.92 Å². The fourth-order valence-electron chi connectivity index (χ4n) is 2.23. The number of aromatic nitrogens is 1. The summed E-state index contributed by atoms with van der Waals surface area (Å²) in [6, 6.07) is 5.19. The summed E-state index contributed by atoms with van der Waals surface area (Å²) in [6.45, 7) is 3.58. The van der Waals surface area contributed by atoms with Crippen LogP contribution in [0, 0.1) is 11.8 Å². The number of fused-ring (bicyclic) bond motifs is 1. The van der Waals surface area contributed by atoms with E-state index in [4.69, 9.17) is 30.3 Å². The predicted octanol–water partition coefficient (Wildman–Crippen LogP) is 2.31. The first-order valence-electron chi connectivity index (χ1n) is 9.74. The van der Waals surface area contributed by atoms with Crippen molar-refractivity contribution in [1.29, 1.82) is 0 Å². The maximum Gasteiger partial charge on any atom is 0.490 e. The van der Waals surface area contributed by atoms with E-state index < -0.39 is 35.7 Å². The molecule has 204 valence electrons. The number of carbonyl (C=O) groups is 3. The van der Waals surface area contributed by atoms with Crippen LogP contribution >= 0.6 is 0 Å². The van der Waals surface area contributed by atoms with Crippen molar-refractivity contribution in [1.82, 2.24) is 4.57 Å². The third-order valence-corrected chi connectivity index (χ3v) is 3.81. The van der Waals surface area contributed by atoms with Gasteiger partial charge in [-0.15, -0.1) is 0 Å². The molecule has 10 nitrogen and oxygen atoms in total. The quantitative estimate of drug-likeness (QED) is 0.252. The number of pyridine rings is 1. The van der Waals surface area contributed by atoms with Crippen LogP contribution in [0.1, 0.15) is 22.8 Å². The number of ether oxygens (including phenoxy) is 1. The Balaban J connectivity index is 0.000000761. The lowest BCUT2D eigenvalue weighted by Crippen LogP contribution is -2.21. The number of aliphatic carboxylic acids is 2. The molecule has 0 fully saturated rings. The van der Waals surface area contributed by atoms with Gasteiger partial charge in [-0.1, -0.05) is 11.8 Å². The number of rotatable bonds is 5. The first-order chi connectivity index (χ1) is 17.0. The van der Waals surface area contributed by atoms with Gasteiger partial charge in [0.2, 0.25) is 5.43 Å². The van der Waals surface area contributed by atoms with E-state index in [2.05, 4.69) is 11.8 Å². The summed E-state index contributed by atoms with van der Waals surface area (Å²) in [5, 5.41) is 23.8. The molecule has 0 unspecified atom stereocenters. The second-order valence-electron chi connectivity index (χ2n) is 6.44. The molecule has 0 aliphatic heterocycles. The summed E-state index contributed by atoms with van der Waals surface area (Å²) in [5.41, 5.74) is 5.89. The van der Waals surface area contributed by atoms with Crippen molar-refractivity contribution < 1.29 is 60.8 Å². The van der Waals surface area contributed by atoms with Gasteiger partial charge in [0.05, 0.1) is 12.1 Å². The predicted molar refractivity (Wildman–Crippen MR) is 115 cm³/mol. The molecule has 5 N–H and O–H groups in total. The minimum atomic E-state index is -5.08. The Morgan fingerprint density at radius 2 is 1.54 bits per heavy atom. The third kappa shape index (κ3) is 11.5. The van der Waals surface area contributed by atoms with Gasteiger partial charge in [0, 0.05) is 30.2 Å². The van der Waals surface area contributed by atoms with Crippen LogP contribution < -0.4 is 11.2 Å². The molecular formula is C21H20F6N2O8. The maximum atomic E-state index is 12.3. The van der Waals surface area contributed by atoms with E-state index in [-0.39, 0.29) is 12.2 Å². The molecular weight excluding hydrogens is 522 g/mol. The fourth-order valence-corrected chi connectivity index (χ4v) is 2.23. The van der Waals surface area contributed by atoms with E-state index in [9.17, 15) is 41.0 Å². The Labute approximate surface area is 203 Å². The van der Waals surface area contributed by atoms with Crippen molar-refractivity contribution in [2.45, 2.75) is 25.8 Å². The molecule has 0 saturated carbocycles. The normalized spacial score (nSPS) is 10.7. The zero-order valence-corrected chi connectivity index (χ0v) is 18.8. The molecule has 0 spiro atoms. The molecule has 0 saturated heterocycles. The standard InChI is InChI=1S/C17H18N2O4.2C2HF3O2/c1-2-19-11-14(17(21)22)16(20)13-10-12(5-6-15(13)19)4-3-8-23-9-7-18;2*3-2(4,5)1(6)7/h5-6,10-11H,2,7-9,18H2,1H3,(H,21,22);2*(H,6,7). The van der Waals surface area contributed by atoms with Crippen molar-refractivity contribution >= 4 is 28.8 Å². The fraction of sp³-hybridized carbons (Fsp3) is 0.333. The molecule has 0 aliphatic carbocycles. The van der Waals surface area contributed by atoms with E-state index in [1.165, 1.54) is 6.20 Å². The molecule has 1 aromatic heterocycles. The van der Waals surface area contributed by atoms with Gasteiger partial charge in [0.25, 0.3) is 0 Å². The van der Waals surface area contributed by atoms with Crippen LogP contribution in [0.5, 0.6) is 0 Å². The smallest absolute Gasteiger partial charge is 0.477 e. The van der Waals surface area contributed by atoms with Gasteiger partial charge in [-0.2, -0.15) is 26.3 Å². The highest BCUT2D eigenvalue weighted by atomic mass is 19.4. The lowest BCUT2D eigenvalue weighted by molar-refractivity contribution is -0.193. The number of nitrogens with zero attached hydrogens (tertiary/aromatic N) is 1. The van der Waals surface area contributed by atoms with Gasteiger partial charge in [-0.3, -0.25) is 4.79 Å². The van der Waals surface area contributed by atoms with Crippen molar-refractivity contribution in [2.24, 2.45) is 5.73 Å². The van der Waals surface area contributed by atoms with E-state index in [0.29, 0.717) is 36.2 Å². The van der Waals surface area contributed by atoms with E-state index in [0.717, 1.165) is 0 Å². The highest BCUT2D eigenvalue weighted by molar-refractivity contribution is 5.93. The molecule has 37 heavy (non-hydrogen) atoms. The van der Waals surface area contributed by atoms with Gasteiger partial charge < -0.3 is 30.4 Å². The number of hydrogen-bond acceptors (Lipinski definition) is 6. The minimum Gasteiger partial charge on any atom is -0.477 e. The summed E-state index contributed by atoms with van der Waals surface area (Å²) in [5.74, 6) is -1.01. The number of benzene rings is 1. The van der Waals surface area contributed by atoms with Crippen LogP contribution in [-0.2, 0) is 20.9 Å². The summed E-state index contributed by atoms with van der Waals surface area (Å²) >= 11 is 0. The van der Waals surface area contributed by atoms with Crippen molar-refractivity contribution in [2.75, 3.05) is 19.8 Å². The number of aromatic carboxylic acids is 1. The number of carboxylic acids is 3. The Hall–Kier alpha value is -4.10. The summed E-state index contributed by atoms with van der Waals surface area (Å²) in [7, 11) is 0. The van der Waals surface area contributed by atoms with Crippen LogP contribution in [0.25, 0.3) is 10.9 Å². The van der Waals surface area contributed by atoms with Gasteiger partial charge in [-0.25, -0.2) is 14.4 Å². The summed E-state index contributed by atoms with van der Waals surface area (Å²) < 4.78 is 70.4. The van der Waals surface area contributed by atoms with Gasteiger partial charge in [0.1, 0.15) is 12.2 Å². The second-order valence-corrected chi connectivity index (χ2v) is 6.44. The highest BCUT2D eigenvalue weighted by Gasteiger charge is 2.38. The van der Waals surface area contributed by atoms with Crippen molar-refractivity contribution in [3.8, 4) is 11.8 Å². The number of aryl methyl sites for hydroxylation is 1. The van der Waals surface area contributed by atoms with Crippen LogP contribution in [0.15, 0.2) is 29.2 Å². The zero-order valence-electron chi connectivity index (χ0n) is 18.8. The summed E-state index contributed by atoms with van der Waals surface area (Å²) in [6.07, 6.45) is -8.79. The molecule has 1 aromatic carbocycles. The zero-order chi connectivity index (χ0) is 29.0.